The molecule has 3 rings (SSSR count). The van der Waals surface area contributed by atoms with E-state index < -0.39 is 60.6 Å². The second kappa shape index (κ2) is 51.5. The Morgan fingerprint density at radius 1 is 0.478 bits per heavy atom. The van der Waals surface area contributed by atoms with Gasteiger partial charge in [-0.2, -0.15) is 0 Å². The van der Waals surface area contributed by atoms with E-state index in [0.717, 1.165) is 42.4 Å². The summed E-state index contributed by atoms with van der Waals surface area (Å²) < 4.78 is 96.5. The van der Waals surface area contributed by atoms with Crippen LogP contribution in [0.1, 0.15) is 112 Å². The van der Waals surface area contributed by atoms with Gasteiger partial charge in [0.25, 0.3) is 21.8 Å². The largest absolute Gasteiger partial charge is 0.466 e. The highest BCUT2D eigenvalue weighted by atomic mass is 35.7. The molecule has 0 aliphatic carbocycles. The van der Waals surface area contributed by atoms with Gasteiger partial charge < -0.3 is 52.8 Å². The van der Waals surface area contributed by atoms with E-state index in [1.54, 1.807) is 55.4 Å². The van der Waals surface area contributed by atoms with Crippen LogP contribution in [0.15, 0.2) is 91.0 Å². The highest BCUT2D eigenvalue weighted by Gasteiger charge is 2.26. The van der Waals surface area contributed by atoms with Crippen molar-refractivity contribution in [2.24, 2.45) is 29.4 Å². The van der Waals surface area contributed by atoms with E-state index >= 15 is 0 Å². The van der Waals surface area contributed by atoms with E-state index in [1.807, 2.05) is 97.9 Å². The topological polar surface area (TPSA) is 359 Å². The maximum atomic E-state index is 12.4. The van der Waals surface area contributed by atoms with Crippen molar-refractivity contribution in [1.82, 2.24) is 20.3 Å². The van der Waals surface area contributed by atoms with Gasteiger partial charge in [0.15, 0.2) is 0 Å². The predicted molar refractivity (Wildman–Crippen MR) is 356 cm³/mol. The SMILES string of the molecule is CCCCOC(=O)C(C)CN.CCCCOC(=O)C(C)NP(C)(=O)NCC(C)C(=O)OCC.CCOC(=O)C(C)CNP(C)(=O)O.CCOC(=O)C(C)CNP(C)(=O)OCc1ccccc1.CP(=O)(Cl)OCc1ccccc1.CP(=O)(O)OCc1ccccc1. The van der Waals surface area contributed by atoms with Gasteiger partial charge in [0.05, 0.1) is 76.5 Å². The van der Waals surface area contributed by atoms with E-state index in [-0.39, 0.29) is 68.6 Å². The summed E-state index contributed by atoms with van der Waals surface area (Å²) in [5.41, 5.74) is 8.10. The van der Waals surface area contributed by atoms with Crippen LogP contribution in [0.25, 0.3) is 0 Å². The third-order valence-electron chi connectivity index (χ3n) is 11.1. The first-order valence-electron chi connectivity index (χ1n) is 29.6. The van der Waals surface area contributed by atoms with Gasteiger partial charge in [0, 0.05) is 59.5 Å². The lowest BCUT2D eigenvalue weighted by Gasteiger charge is -2.21. The van der Waals surface area contributed by atoms with Crippen LogP contribution in [-0.2, 0) is 104 Å². The van der Waals surface area contributed by atoms with E-state index in [2.05, 4.69) is 27.3 Å². The van der Waals surface area contributed by atoms with E-state index in [9.17, 15) is 46.8 Å². The lowest BCUT2D eigenvalue weighted by atomic mass is 10.2. The van der Waals surface area contributed by atoms with E-state index in [4.69, 9.17) is 64.0 Å². The molecule has 3 aromatic carbocycles. The molecule has 31 heteroatoms. The first-order chi connectivity index (χ1) is 41.9. The molecule has 0 spiro atoms. The van der Waals surface area contributed by atoms with Crippen molar-refractivity contribution in [3.63, 3.8) is 0 Å². The Labute approximate surface area is 540 Å². The minimum Gasteiger partial charge on any atom is -0.466 e. The number of rotatable bonds is 35. The number of ether oxygens (including phenoxy) is 5. The van der Waals surface area contributed by atoms with Crippen molar-refractivity contribution in [3.8, 4) is 0 Å². The zero-order chi connectivity index (χ0) is 69.4. The first kappa shape index (κ1) is 90.2. The van der Waals surface area contributed by atoms with Gasteiger partial charge in [-0.1, -0.05) is 145 Å². The molecule has 8 N–H and O–H groups in total. The molecule has 0 aliphatic heterocycles. The van der Waals surface area contributed by atoms with Crippen molar-refractivity contribution in [3.05, 3.63) is 108 Å². The van der Waals surface area contributed by atoms with E-state index in [1.165, 1.54) is 33.3 Å². The van der Waals surface area contributed by atoms with Gasteiger partial charge in [0.1, 0.15) is 6.04 Å². The number of carbonyl (C=O) groups excluding carboxylic acids is 5. The average Bonchev–Trinajstić information content (AvgIpc) is 3.66. The van der Waals surface area contributed by atoms with Crippen LogP contribution in [0.3, 0.4) is 0 Å². The summed E-state index contributed by atoms with van der Waals surface area (Å²) in [6.07, 6.45) is 3.72. The molecule has 0 aromatic heterocycles. The number of halogens is 1. The van der Waals surface area contributed by atoms with Crippen LogP contribution in [0.4, 0.5) is 0 Å². The number of hydrogen-bond acceptors (Lipinski definition) is 19. The number of carbonyl (C=O) groups is 5. The highest BCUT2D eigenvalue weighted by molar-refractivity contribution is 7.84. The number of benzene rings is 3. The van der Waals surface area contributed by atoms with E-state index in [0.29, 0.717) is 46.2 Å². The first-order valence-corrected chi connectivity index (χ1v) is 40.9. The molecule has 0 aliphatic rings. The minimum atomic E-state index is -3.33. The van der Waals surface area contributed by atoms with Crippen molar-refractivity contribution in [2.75, 3.05) is 92.5 Å². The van der Waals surface area contributed by atoms with Crippen molar-refractivity contribution >= 4 is 77.9 Å². The van der Waals surface area contributed by atoms with Crippen LogP contribution in [-0.4, -0.2) is 138 Å². The Kier molecular flexibility index (Phi) is 51.6. The fourth-order valence-corrected chi connectivity index (χ4v) is 10.0. The van der Waals surface area contributed by atoms with Gasteiger partial charge in [-0.15, -0.1) is 0 Å². The molecular formula is C59H105ClN5O20P5. The van der Waals surface area contributed by atoms with Crippen LogP contribution in [0.5, 0.6) is 0 Å². The molecule has 0 saturated heterocycles. The molecule has 0 bridgehead atoms. The standard InChI is InChI=1S/C14H29N2O5P.C14H22NO4P.C8H10ClO2P.C8H17NO2.C8H11O3P.C7H16NO4P/c1-6-8-9-21-14(18)12(4)16-22(5,19)15-10-11(3)13(17)20-7-2;1-4-18-14(16)12(2)10-15-20(3,17)19-11-13-8-6-5-7-9-13;1-12(9,10)11-7-8-5-3-2-4-6-8;1-3-4-5-11-8(10)7(2)6-9;1-12(9,10)11-7-8-5-3-2-4-6-8;1-4-12-7(9)6(2)5-8-13(3,10)11/h11-12H,6-10H2,1-5H3,(H2,15,16,19);5-9,12H,4,10-11H2,1-3H3,(H,15,17);2-6H,7H2,1H3;7H,3-6,9H2,1-2H3;2-6H,7H2,1H3,(H,9,10);6H,4-5H2,1-3H3,(H2,8,10,11). The molecule has 90 heavy (non-hydrogen) atoms. The van der Waals surface area contributed by atoms with Gasteiger partial charge in [0.2, 0.25) is 7.44 Å². The number of esters is 5. The Bertz CT molecular complexity index is 2600. The van der Waals surface area contributed by atoms with Crippen LogP contribution < -0.4 is 26.1 Å². The van der Waals surface area contributed by atoms with Crippen LogP contribution >= 0.6 is 48.0 Å². The summed E-state index contributed by atoms with van der Waals surface area (Å²) in [6.45, 7) is 25.2. The maximum Gasteiger partial charge on any atom is 0.325 e. The van der Waals surface area contributed by atoms with Crippen LogP contribution in [0, 0.1) is 23.7 Å². The molecular weight excluding hydrogens is 1290 g/mol. The number of nitrogens with two attached hydrogens (primary N) is 1. The van der Waals surface area contributed by atoms with Crippen molar-refractivity contribution in [2.45, 2.75) is 121 Å². The number of hydrogen-bond donors (Lipinski definition) is 7. The fraction of sp³-hybridized carbons (Fsp3) is 0.610. The lowest BCUT2D eigenvalue weighted by Crippen LogP contribution is -2.38. The number of unbranched alkanes of at least 4 members (excludes halogenated alkanes) is 2. The Morgan fingerprint density at radius 3 is 1.14 bits per heavy atom. The predicted octanol–water partition coefficient (Wildman–Crippen LogP) is 11.5. The fourth-order valence-electron chi connectivity index (χ4n) is 5.84. The van der Waals surface area contributed by atoms with Gasteiger partial charge in [-0.05, 0) is 68.5 Å². The molecule has 10 atom stereocenters. The summed E-state index contributed by atoms with van der Waals surface area (Å²) in [6, 6.07) is 27.6. The zero-order valence-electron chi connectivity index (χ0n) is 55.3. The summed E-state index contributed by atoms with van der Waals surface area (Å²) in [5.74, 6) is -2.96. The summed E-state index contributed by atoms with van der Waals surface area (Å²) in [7, 11) is -12.5. The summed E-state index contributed by atoms with van der Waals surface area (Å²) >= 11 is 5.42. The Balaban J connectivity index is -0.00000103. The van der Waals surface area contributed by atoms with Crippen molar-refractivity contribution in [1.29, 1.82) is 0 Å². The molecule has 10 unspecified atom stereocenters. The highest BCUT2D eigenvalue weighted by Crippen LogP contribution is 2.48. The molecule has 0 fully saturated rings. The quantitative estimate of drug-likeness (QED) is 0.0124. The third-order valence-corrected chi connectivity index (χ3v) is 16.4. The average molecular weight is 1390 g/mol. The van der Waals surface area contributed by atoms with Gasteiger partial charge >= 0.3 is 37.4 Å². The molecule has 0 radical (unpaired) electrons. The molecule has 518 valence electrons. The third kappa shape index (κ3) is 55.7. The van der Waals surface area contributed by atoms with Gasteiger partial charge in [-0.3, -0.25) is 51.9 Å². The maximum absolute atomic E-state index is 12.4. The van der Waals surface area contributed by atoms with Crippen LogP contribution in [0.2, 0.25) is 0 Å². The van der Waals surface area contributed by atoms with Gasteiger partial charge in [-0.25, -0.2) is 15.3 Å². The Hall–Kier alpha value is -3.95. The van der Waals surface area contributed by atoms with Crippen molar-refractivity contribution < 1.29 is 93.8 Å². The lowest BCUT2D eigenvalue weighted by molar-refractivity contribution is -0.148. The smallest absolute Gasteiger partial charge is 0.325 e. The zero-order valence-corrected chi connectivity index (χ0v) is 60.5. The monoisotopic (exact) mass is 1390 g/mol. The molecule has 0 heterocycles. The molecule has 25 nitrogen and oxygen atoms in total. The Morgan fingerprint density at radius 2 is 0.811 bits per heavy atom. The molecule has 0 saturated carbocycles. The minimum absolute atomic E-state index is 0.156. The normalized spacial score (nSPS) is 15.6. The molecule has 0 amide bonds. The summed E-state index contributed by atoms with van der Waals surface area (Å²) in [4.78, 5) is 74.3. The second-order valence-corrected chi connectivity index (χ2v) is 32.8. The number of nitrogens with one attached hydrogen (secondary N) is 4. The second-order valence-electron chi connectivity index (χ2n) is 20.6. The molecule has 3 aromatic rings. The summed E-state index contributed by atoms with van der Waals surface area (Å²) in [5, 5.41) is 10.7.